The second-order valence-corrected chi connectivity index (χ2v) is 5.60. The van der Waals surface area contributed by atoms with E-state index in [1.165, 1.54) is 6.20 Å². The molecule has 0 N–H and O–H groups in total. The molecule has 0 aliphatic heterocycles. The lowest BCUT2D eigenvalue weighted by Gasteiger charge is -2.25. The van der Waals surface area contributed by atoms with Crippen molar-refractivity contribution in [1.82, 2.24) is 24.8 Å². The second-order valence-electron chi connectivity index (χ2n) is 5.60. The largest absolute Gasteiger partial charge is 0.462 e. The number of esters is 1. The molecule has 136 valence electrons. The zero-order valence-corrected chi connectivity index (χ0v) is 14.9. The number of rotatable bonds is 8. The summed E-state index contributed by atoms with van der Waals surface area (Å²) in [6, 6.07) is 8.01. The van der Waals surface area contributed by atoms with Gasteiger partial charge in [0.05, 0.1) is 43.0 Å². The quantitative estimate of drug-likeness (QED) is 0.577. The smallest absolute Gasteiger partial charge is 0.341 e. The molecule has 8 heteroatoms. The number of carbonyl (C=O) groups excluding carboxylic acids is 1. The topological polar surface area (TPSA) is 78.1 Å². The number of anilines is 1. The Kier molecular flexibility index (Phi) is 5.62. The van der Waals surface area contributed by atoms with Gasteiger partial charge < -0.3 is 9.64 Å². The van der Waals surface area contributed by atoms with E-state index >= 15 is 0 Å². The van der Waals surface area contributed by atoms with Gasteiger partial charge in [0.2, 0.25) is 0 Å². The van der Waals surface area contributed by atoms with Crippen LogP contribution in [0.15, 0.2) is 49.1 Å². The number of ether oxygens (including phenoxy) is 1. The maximum Gasteiger partial charge on any atom is 0.341 e. The lowest BCUT2D eigenvalue weighted by molar-refractivity contribution is 0.0526. The minimum Gasteiger partial charge on any atom is -0.462 e. The van der Waals surface area contributed by atoms with Gasteiger partial charge in [-0.1, -0.05) is 12.1 Å². The fourth-order valence-corrected chi connectivity index (χ4v) is 2.72. The Labute approximate surface area is 152 Å². The molecular formula is C18H22N6O2. The molecule has 26 heavy (non-hydrogen) atoms. The number of aromatic nitrogens is 5. The summed E-state index contributed by atoms with van der Waals surface area (Å²) in [5.74, 6) is -0.346. The molecule has 0 bridgehead atoms. The predicted molar refractivity (Wildman–Crippen MR) is 97.4 cm³/mol. The third-order valence-corrected chi connectivity index (χ3v) is 3.98. The van der Waals surface area contributed by atoms with Crippen molar-refractivity contribution in [2.45, 2.75) is 20.4 Å². The molecular weight excluding hydrogens is 332 g/mol. The maximum atomic E-state index is 11.7. The van der Waals surface area contributed by atoms with Crippen LogP contribution in [0.5, 0.6) is 0 Å². The summed E-state index contributed by atoms with van der Waals surface area (Å²) in [6.45, 7) is 6.44. The summed E-state index contributed by atoms with van der Waals surface area (Å²) >= 11 is 0. The van der Waals surface area contributed by atoms with Gasteiger partial charge in [0.25, 0.3) is 0 Å². The van der Waals surface area contributed by atoms with E-state index in [1.807, 2.05) is 18.2 Å². The number of nitrogens with zero attached hydrogens (tertiary/aromatic N) is 6. The van der Waals surface area contributed by atoms with Crippen LogP contribution in [-0.4, -0.2) is 50.4 Å². The summed E-state index contributed by atoms with van der Waals surface area (Å²) in [7, 11) is 0. The Balaban J connectivity index is 1.72. The number of carbonyl (C=O) groups is 1. The third-order valence-electron chi connectivity index (χ3n) is 3.98. The highest BCUT2D eigenvalue weighted by Crippen LogP contribution is 2.22. The molecule has 2 heterocycles. The average molecular weight is 354 g/mol. The Hall–Kier alpha value is -3.16. The van der Waals surface area contributed by atoms with Crippen LogP contribution in [0, 0.1) is 0 Å². The van der Waals surface area contributed by atoms with Crippen LogP contribution in [0.2, 0.25) is 0 Å². The first-order chi connectivity index (χ1) is 12.7. The minimum absolute atomic E-state index is 0.346. The van der Waals surface area contributed by atoms with Crippen LogP contribution in [0.25, 0.3) is 5.69 Å². The van der Waals surface area contributed by atoms with Crippen LogP contribution in [0.4, 0.5) is 5.69 Å². The molecule has 0 aliphatic rings. The van der Waals surface area contributed by atoms with E-state index in [-0.39, 0.29) is 5.97 Å². The van der Waals surface area contributed by atoms with Crippen molar-refractivity contribution < 1.29 is 9.53 Å². The van der Waals surface area contributed by atoms with E-state index in [0.717, 1.165) is 24.5 Å². The average Bonchev–Trinajstić information content (AvgIpc) is 3.35. The monoisotopic (exact) mass is 354 g/mol. The van der Waals surface area contributed by atoms with Crippen LogP contribution in [0.1, 0.15) is 24.2 Å². The Morgan fingerprint density at radius 2 is 1.92 bits per heavy atom. The molecule has 0 atom stereocenters. The number of para-hydroxylation sites is 2. The van der Waals surface area contributed by atoms with Crippen molar-refractivity contribution in [1.29, 1.82) is 0 Å². The molecule has 0 fully saturated rings. The molecule has 0 unspecified atom stereocenters. The fourth-order valence-electron chi connectivity index (χ4n) is 2.72. The van der Waals surface area contributed by atoms with Crippen LogP contribution < -0.4 is 4.90 Å². The van der Waals surface area contributed by atoms with Gasteiger partial charge in [0.15, 0.2) is 0 Å². The van der Waals surface area contributed by atoms with Crippen molar-refractivity contribution in [3.8, 4) is 5.69 Å². The fraction of sp³-hybridized carbons (Fsp3) is 0.333. The summed E-state index contributed by atoms with van der Waals surface area (Å²) in [5.41, 5.74) is 2.44. The normalized spacial score (nSPS) is 10.7. The third kappa shape index (κ3) is 3.90. The lowest BCUT2D eigenvalue weighted by atomic mass is 10.2. The zero-order valence-electron chi connectivity index (χ0n) is 14.9. The molecule has 2 aromatic heterocycles. The Bertz CT molecular complexity index is 843. The van der Waals surface area contributed by atoms with Gasteiger partial charge in [-0.25, -0.2) is 4.79 Å². The van der Waals surface area contributed by atoms with E-state index in [4.69, 9.17) is 4.74 Å². The molecule has 0 saturated carbocycles. The second kappa shape index (κ2) is 8.28. The first-order valence-corrected chi connectivity index (χ1v) is 8.63. The van der Waals surface area contributed by atoms with E-state index in [1.54, 1.807) is 35.0 Å². The lowest BCUT2D eigenvalue weighted by Crippen LogP contribution is -2.28. The summed E-state index contributed by atoms with van der Waals surface area (Å²) in [4.78, 5) is 15.6. The van der Waals surface area contributed by atoms with Gasteiger partial charge >= 0.3 is 5.97 Å². The van der Waals surface area contributed by atoms with Crippen LogP contribution in [0.3, 0.4) is 0 Å². The minimum atomic E-state index is -0.346. The summed E-state index contributed by atoms with van der Waals surface area (Å²) in [5, 5.41) is 12.7. The highest BCUT2D eigenvalue weighted by molar-refractivity contribution is 5.88. The van der Waals surface area contributed by atoms with Gasteiger partial charge in [-0.15, -0.1) is 4.80 Å². The molecule has 0 amide bonds. The van der Waals surface area contributed by atoms with Gasteiger partial charge in [-0.3, -0.25) is 4.68 Å². The Morgan fingerprint density at radius 1 is 1.15 bits per heavy atom. The van der Waals surface area contributed by atoms with E-state index in [9.17, 15) is 4.79 Å². The molecule has 0 aliphatic carbocycles. The van der Waals surface area contributed by atoms with Crippen molar-refractivity contribution in [3.05, 3.63) is 54.6 Å². The molecule has 1 aromatic carbocycles. The van der Waals surface area contributed by atoms with Gasteiger partial charge in [0, 0.05) is 19.3 Å². The first-order valence-electron chi connectivity index (χ1n) is 8.63. The summed E-state index contributed by atoms with van der Waals surface area (Å²) in [6.07, 6.45) is 6.57. The standard InChI is InChI=1S/C18H22N6O2/c1-3-22(11-12-23-14-15(13-21-23)18(25)26-4-2)16-7-5-6-8-17(16)24-19-9-10-20-24/h5-10,13-14H,3-4,11-12H2,1-2H3. The predicted octanol–water partition coefficient (Wildman–Crippen LogP) is 2.17. The van der Waals surface area contributed by atoms with Gasteiger partial charge in [0.1, 0.15) is 5.69 Å². The highest BCUT2D eigenvalue weighted by atomic mass is 16.5. The maximum absolute atomic E-state index is 11.7. The van der Waals surface area contributed by atoms with Gasteiger partial charge in [-0.2, -0.15) is 15.3 Å². The first kappa shape index (κ1) is 17.7. The SMILES string of the molecule is CCOC(=O)c1cnn(CCN(CC)c2ccccc2-n2nccn2)c1. The van der Waals surface area contributed by atoms with Crippen LogP contribution >= 0.6 is 0 Å². The molecule has 8 nitrogen and oxygen atoms in total. The summed E-state index contributed by atoms with van der Waals surface area (Å²) < 4.78 is 6.75. The number of likely N-dealkylation sites (N-methyl/N-ethyl adjacent to an activating group) is 1. The molecule has 0 saturated heterocycles. The highest BCUT2D eigenvalue weighted by Gasteiger charge is 2.13. The molecule has 0 radical (unpaired) electrons. The van der Waals surface area contributed by atoms with Crippen molar-refractivity contribution in [2.75, 3.05) is 24.6 Å². The van der Waals surface area contributed by atoms with Crippen molar-refractivity contribution in [2.24, 2.45) is 0 Å². The van der Waals surface area contributed by atoms with E-state index < -0.39 is 0 Å². The number of benzene rings is 1. The molecule has 0 spiro atoms. The molecule has 3 rings (SSSR count). The number of hydrogen-bond donors (Lipinski definition) is 0. The molecule has 3 aromatic rings. The van der Waals surface area contributed by atoms with Crippen LogP contribution in [-0.2, 0) is 11.3 Å². The van der Waals surface area contributed by atoms with Crippen molar-refractivity contribution in [3.63, 3.8) is 0 Å². The van der Waals surface area contributed by atoms with Gasteiger partial charge in [-0.05, 0) is 26.0 Å². The van der Waals surface area contributed by atoms with Crippen molar-refractivity contribution >= 4 is 11.7 Å². The van der Waals surface area contributed by atoms with E-state index in [2.05, 4.69) is 33.2 Å². The Morgan fingerprint density at radius 3 is 2.65 bits per heavy atom. The number of hydrogen-bond acceptors (Lipinski definition) is 6. The zero-order chi connectivity index (χ0) is 18.4. The van der Waals surface area contributed by atoms with E-state index in [0.29, 0.717) is 18.7 Å².